The Labute approximate surface area is 195 Å². The molecule has 3 heterocycles. The van der Waals surface area contributed by atoms with Crippen LogP contribution in [0.2, 0.25) is 5.02 Å². The Morgan fingerprint density at radius 3 is 2.31 bits per heavy atom. The van der Waals surface area contributed by atoms with Crippen LogP contribution in [0.1, 0.15) is 23.3 Å². The van der Waals surface area contributed by atoms with E-state index in [0.717, 1.165) is 29.2 Å². The van der Waals surface area contributed by atoms with Crippen LogP contribution in [-0.4, -0.2) is 24.9 Å². The van der Waals surface area contributed by atoms with Crippen LogP contribution in [0.4, 0.5) is 17.1 Å². The number of nitrogens with one attached hydrogen (secondary N) is 1. The van der Waals surface area contributed by atoms with Gasteiger partial charge in [0.05, 0.1) is 11.3 Å². The number of hydrogen-bond acceptors (Lipinski definition) is 5. The van der Waals surface area contributed by atoms with E-state index >= 15 is 0 Å². The van der Waals surface area contributed by atoms with E-state index in [1.165, 1.54) is 29.1 Å². The van der Waals surface area contributed by atoms with Gasteiger partial charge in [-0.25, -0.2) is 4.90 Å². The van der Waals surface area contributed by atoms with Gasteiger partial charge in [0.2, 0.25) is 0 Å². The number of carbonyl (C=O) groups excluding carboxylic acids is 2. The molecule has 0 spiro atoms. The molecule has 32 heavy (non-hydrogen) atoms. The number of imide groups is 1. The Hall–Kier alpha value is -3.09. The Morgan fingerprint density at radius 2 is 1.66 bits per heavy atom. The fourth-order valence-electron chi connectivity index (χ4n) is 4.13. The SMILES string of the molecule is Cc1ccc(NC2=C(c3cccs3)C(=O)N(c3ccc(N4CCCC4)cc3)C2=O)cc1Cl. The highest BCUT2D eigenvalue weighted by Crippen LogP contribution is 2.36. The zero-order valence-corrected chi connectivity index (χ0v) is 19.2. The van der Waals surface area contributed by atoms with Crippen molar-refractivity contribution in [1.29, 1.82) is 0 Å². The Morgan fingerprint density at radius 1 is 0.938 bits per heavy atom. The summed E-state index contributed by atoms with van der Waals surface area (Å²) in [6, 6.07) is 16.9. The number of carbonyl (C=O) groups is 2. The second-order valence-corrected chi connectivity index (χ2v) is 9.33. The summed E-state index contributed by atoms with van der Waals surface area (Å²) < 4.78 is 0. The van der Waals surface area contributed by atoms with Gasteiger partial charge < -0.3 is 10.2 Å². The van der Waals surface area contributed by atoms with Crippen LogP contribution in [-0.2, 0) is 9.59 Å². The van der Waals surface area contributed by atoms with Gasteiger partial charge in [0.1, 0.15) is 5.70 Å². The molecule has 0 unspecified atom stereocenters. The van der Waals surface area contributed by atoms with E-state index in [-0.39, 0.29) is 17.5 Å². The van der Waals surface area contributed by atoms with Gasteiger partial charge in [-0.3, -0.25) is 9.59 Å². The molecule has 2 aliphatic rings. The highest BCUT2D eigenvalue weighted by molar-refractivity contribution is 7.11. The van der Waals surface area contributed by atoms with Gasteiger partial charge in [0.25, 0.3) is 11.8 Å². The van der Waals surface area contributed by atoms with Crippen molar-refractivity contribution < 1.29 is 9.59 Å². The third-order valence-electron chi connectivity index (χ3n) is 5.87. The van der Waals surface area contributed by atoms with Gasteiger partial charge in [-0.15, -0.1) is 11.3 Å². The summed E-state index contributed by atoms with van der Waals surface area (Å²) in [6.07, 6.45) is 2.38. The summed E-state index contributed by atoms with van der Waals surface area (Å²) in [6.45, 7) is 4.00. The van der Waals surface area contributed by atoms with Gasteiger partial charge in [0.15, 0.2) is 0 Å². The molecule has 1 fully saturated rings. The van der Waals surface area contributed by atoms with E-state index < -0.39 is 0 Å². The quantitative estimate of drug-likeness (QED) is 0.492. The molecule has 5 rings (SSSR count). The number of hydrogen-bond donors (Lipinski definition) is 1. The van der Waals surface area contributed by atoms with E-state index in [2.05, 4.69) is 10.2 Å². The summed E-state index contributed by atoms with van der Waals surface area (Å²) in [5, 5.41) is 5.66. The largest absolute Gasteiger partial charge is 0.372 e. The molecule has 3 aromatic rings. The number of rotatable bonds is 5. The average Bonchev–Trinajstić information content (AvgIpc) is 3.54. The molecule has 1 N–H and O–H groups in total. The number of nitrogens with zero attached hydrogens (tertiary/aromatic N) is 2. The molecule has 5 nitrogen and oxygen atoms in total. The first kappa shape index (κ1) is 20.8. The fourth-order valence-corrected chi connectivity index (χ4v) is 5.08. The number of halogens is 1. The minimum atomic E-state index is -0.371. The molecule has 0 radical (unpaired) electrons. The van der Waals surface area contributed by atoms with Crippen molar-refractivity contribution >= 4 is 57.4 Å². The Balaban J connectivity index is 1.50. The molecule has 0 saturated carbocycles. The van der Waals surface area contributed by atoms with Crippen molar-refractivity contribution in [2.24, 2.45) is 0 Å². The third kappa shape index (κ3) is 3.70. The maximum absolute atomic E-state index is 13.5. The van der Waals surface area contributed by atoms with Crippen LogP contribution >= 0.6 is 22.9 Å². The molecule has 1 aromatic heterocycles. The summed E-state index contributed by atoms with van der Waals surface area (Å²) in [4.78, 5) is 31.2. The normalized spacial score (nSPS) is 16.4. The first-order chi connectivity index (χ1) is 15.5. The topological polar surface area (TPSA) is 52.7 Å². The van der Waals surface area contributed by atoms with Crippen LogP contribution in [0, 0.1) is 6.92 Å². The van der Waals surface area contributed by atoms with Gasteiger partial charge in [-0.2, -0.15) is 0 Å². The Kier molecular flexibility index (Phi) is 5.49. The summed E-state index contributed by atoms with van der Waals surface area (Å²) in [5.74, 6) is -0.698. The number of amides is 2. The molecule has 2 amide bonds. The van der Waals surface area contributed by atoms with Gasteiger partial charge in [0, 0.05) is 34.4 Å². The van der Waals surface area contributed by atoms with Crippen molar-refractivity contribution in [3.63, 3.8) is 0 Å². The summed E-state index contributed by atoms with van der Waals surface area (Å²) in [5.41, 5.74) is 3.93. The number of thiophene rings is 1. The number of aryl methyl sites for hydroxylation is 1. The highest BCUT2D eigenvalue weighted by Gasteiger charge is 2.40. The van der Waals surface area contributed by atoms with E-state index in [1.54, 1.807) is 6.07 Å². The molecule has 0 atom stereocenters. The van der Waals surface area contributed by atoms with Crippen LogP contribution in [0.3, 0.4) is 0 Å². The van der Waals surface area contributed by atoms with Crippen molar-refractivity contribution in [3.05, 3.63) is 81.1 Å². The van der Waals surface area contributed by atoms with E-state index in [4.69, 9.17) is 11.6 Å². The molecule has 162 valence electrons. The lowest BCUT2D eigenvalue weighted by Gasteiger charge is -2.20. The van der Waals surface area contributed by atoms with E-state index in [0.29, 0.717) is 22.0 Å². The van der Waals surface area contributed by atoms with Crippen molar-refractivity contribution in [3.8, 4) is 0 Å². The average molecular weight is 464 g/mol. The standard InChI is InChI=1S/C25H22ClN3O2S/c1-16-6-7-17(15-20(16)26)27-23-22(21-5-4-14-32-21)24(30)29(25(23)31)19-10-8-18(9-11-19)28-12-2-3-13-28/h4-11,14-15,27H,2-3,12-13H2,1H3. The maximum Gasteiger partial charge on any atom is 0.282 e. The minimum absolute atomic E-state index is 0.265. The Bertz CT molecular complexity index is 1210. The van der Waals surface area contributed by atoms with Crippen LogP contribution in [0.5, 0.6) is 0 Å². The highest BCUT2D eigenvalue weighted by atomic mass is 35.5. The molecule has 7 heteroatoms. The fraction of sp³-hybridized carbons (Fsp3) is 0.200. The monoisotopic (exact) mass is 463 g/mol. The smallest absolute Gasteiger partial charge is 0.282 e. The third-order valence-corrected chi connectivity index (χ3v) is 7.17. The molecular weight excluding hydrogens is 442 g/mol. The van der Waals surface area contributed by atoms with Gasteiger partial charge >= 0.3 is 0 Å². The minimum Gasteiger partial charge on any atom is -0.372 e. The molecule has 0 aliphatic carbocycles. The molecule has 2 aliphatic heterocycles. The van der Waals surface area contributed by atoms with Crippen LogP contribution in [0.25, 0.3) is 5.57 Å². The predicted molar refractivity (Wildman–Crippen MR) is 131 cm³/mol. The second-order valence-electron chi connectivity index (χ2n) is 7.97. The first-order valence-electron chi connectivity index (χ1n) is 10.6. The lowest BCUT2D eigenvalue weighted by molar-refractivity contribution is -0.120. The molecule has 1 saturated heterocycles. The second kappa shape index (κ2) is 8.45. The van der Waals surface area contributed by atoms with Crippen molar-refractivity contribution in [2.45, 2.75) is 19.8 Å². The number of benzene rings is 2. The molecular formula is C25H22ClN3O2S. The lowest BCUT2D eigenvalue weighted by Crippen LogP contribution is -2.32. The molecule has 2 aromatic carbocycles. The zero-order chi connectivity index (χ0) is 22.2. The van der Waals surface area contributed by atoms with Gasteiger partial charge in [-0.1, -0.05) is 23.7 Å². The van der Waals surface area contributed by atoms with Crippen LogP contribution < -0.4 is 15.1 Å². The lowest BCUT2D eigenvalue weighted by atomic mass is 10.1. The van der Waals surface area contributed by atoms with E-state index in [9.17, 15) is 9.59 Å². The van der Waals surface area contributed by atoms with E-state index in [1.807, 2.05) is 60.8 Å². The summed E-state index contributed by atoms with van der Waals surface area (Å²) in [7, 11) is 0. The van der Waals surface area contributed by atoms with Gasteiger partial charge in [-0.05, 0) is 73.2 Å². The summed E-state index contributed by atoms with van der Waals surface area (Å²) >= 11 is 7.71. The van der Waals surface area contributed by atoms with Crippen molar-refractivity contribution in [2.75, 3.05) is 28.2 Å². The molecule has 0 bridgehead atoms. The predicted octanol–water partition coefficient (Wildman–Crippen LogP) is 5.71. The first-order valence-corrected chi connectivity index (χ1v) is 11.8. The maximum atomic E-state index is 13.5. The zero-order valence-electron chi connectivity index (χ0n) is 17.6. The van der Waals surface area contributed by atoms with Crippen molar-refractivity contribution in [1.82, 2.24) is 0 Å². The number of anilines is 3. The van der Waals surface area contributed by atoms with Crippen LogP contribution in [0.15, 0.2) is 65.7 Å².